The summed E-state index contributed by atoms with van der Waals surface area (Å²) in [6.45, 7) is 4.27. The number of anilines is 2. The third-order valence-electron chi connectivity index (χ3n) is 6.13. The molecular formula is C24H32N4O3S. The minimum absolute atomic E-state index is 0.124. The van der Waals surface area contributed by atoms with E-state index in [0.717, 1.165) is 25.9 Å². The Hall–Kier alpha value is -2.42. The smallest absolute Gasteiger partial charge is 0.243 e. The van der Waals surface area contributed by atoms with Crippen LogP contribution in [0.4, 0.5) is 11.4 Å². The van der Waals surface area contributed by atoms with Gasteiger partial charge in [-0.25, -0.2) is 8.42 Å². The molecule has 2 heterocycles. The number of nitrogens with zero attached hydrogens (tertiary/aromatic N) is 3. The molecule has 32 heavy (non-hydrogen) atoms. The van der Waals surface area contributed by atoms with Crippen molar-refractivity contribution in [3.63, 3.8) is 0 Å². The second kappa shape index (κ2) is 10.0. The summed E-state index contributed by atoms with van der Waals surface area (Å²) in [6, 6.07) is 14.8. The van der Waals surface area contributed by atoms with Crippen molar-refractivity contribution in [2.75, 3.05) is 50.0 Å². The molecule has 2 aromatic carbocycles. The number of nitrogens with one attached hydrogen (secondary N) is 1. The summed E-state index contributed by atoms with van der Waals surface area (Å²) in [5.41, 5.74) is 3.08. The first-order valence-corrected chi connectivity index (χ1v) is 12.8. The molecule has 8 heteroatoms. The van der Waals surface area contributed by atoms with Crippen LogP contribution >= 0.6 is 0 Å². The first-order chi connectivity index (χ1) is 15.4. The van der Waals surface area contributed by atoms with Crippen molar-refractivity contribution in [2.45, 2.75) is 37.1 Å². The molecule has 2 aliphatic heterocycles. The van der Waals surface area contributed by atoms with E-state index >= 15 is 0 Å². The van der Waals surface area contributed by atoms with Crippen LogP contribution in [0, 0.1) is 0 Å². The molecule has 2 aromatic rings. The molecule has 2 fully saturated rings. The van der Waals surface area contributed by atoms with Gasteiger partial charge in [-0.05, 0) is 68.6 Å². The maximum absolute atomic E-state index is 12.6. The zero-order valence-electron chi connectivity index (χ0n) is 18.7. The summed E-state index contributed by atoms with van der Waals surface area (Å²) < 4.78 is 26.8. The molecular weight excluding hydrogens is 424 g/mol. The van der Waals surface area contributed by atoms with Crippen LogP contribution in [-0.4, -0.2) is 63.3 Å². The van der Waals surface area contributed by atoms with Gasteiger partial charge >= 0.3 is 0 Å². The zero-order chi connectivity index (χ0) is 22.6. The third kappa shape index (κ3) is 5.31. The van der Waals surface area contributed by atoms with Gasteiger partial charge in [-0.1, -0.05) is 18.2 Å². The number of benzene rings is 2. The maximum Gasteiger partial charge on any atom is 0.243 e. The van der Waals surface area contributed by atoms with Gasteiger partial charge in [0.05, 0.1) is 11.4 Å². The molecule has 2 saturated heterocycles. The second-order valence-corrected chi connectivity index (χ2v) is 10.6. The van der Waals surface area contributed by atoms with Crippen molar-refractivity contribution in [3.05, 3.63) is 54.1 Å². The van der Waals surface area contributed by atoms with Crippen LogP contribution in [0.25, 0.3) is 0 Å². The summed E-state index contributed by atoms with van der Waals surface area (Å²) in [4.78, 5) is 17.2. The normalized spacial score (nSPS) is 17.2. The molecule has 7 nitrogen and oxygen atoms in total. The molecule has 1 amide bonds. The largest absolute Gasteiger partial charge is 0.371 e. The lowest BCUT2D eigenvalue weighted by atomic mass is 10.1. The van der Waals surface area contributed by atoms with Crippen molar-refractivity contribution < 1.29 is 13.2 Å². The number of likely N-dealkylation sites (N-methyl/N-ethyl adjacent to an activating group) is 1. The van der Waals surface area contributed by atoms with Gasteiger partial charge in [-0.3, -0.25) is 9.69 Å². The van der Waals surface area contributed by atoms with Crippen LogP contribution in [-0.2, 0) is 21.4 Å². The Morgan fingerprint density at radius 2 is 1.56 bits per heavy atom. The summed E-state index contributed by atoms with van der Waals surface area (Å²) in [5, 5.41) is 2.88. The molecule has 0 atom stereocenters. The third-order valence-corrected chi connectivity index (χ3v) is 8.05. The van der Waals surface area contributed by atoms with Crippen molar-refractivity contribution in [1.82, 2.24) is 9.21 Å². The first-order valence-electron chi connectivity index (χ1n) is 11.3. The highest BCUT2D eigenvalue weighted by Crippen LogP contribution is 2.25. The highest BCUT2D eigenvalue weighted by atomic mass is 32.2. The number of carbonyl (C=O) groups is 1. The Kier molecular flexibility index (Phi) is 7.13. The highest BCUT2D eigenvalue weighted by molar-refractivity contribution is 7.89. The van der Waals surface area contributed by atoms with Gasteiger partial charge in [-0.15, -0.1) is 0 Å². The monoisotopic (exact) mass is 456 g/mol. The van der Waals surface area contributed by atoms with E-state index in [0.29, 0.717) is 25.3 Å². The average molecular weight is 457 g/mol. The summed E-state index contributed by atoms with van der Waals surface area (Å²) in [7, 11) is -1.50. The number of rotatable bonds is 8. The molecule has 0 aromatic heterocycles. The molecule has 172 valence electrons. The minimum Gasteiger partial charge on any atom is -0.371 e. The van der Waals surface area contributed by atoms with Crippen LogP contribution in [0.5, 0.6) is 0 Å². The van der Waals surface area contributed by atoms with E-state index in [9.17, 15) is 13.2 Å². The molecule has 0 saturated carbocycles. The number of hydrogen-bond donors (Lipinski definition) is 1. The lowest BCUT2D eigenvalue weighted by Gasteiger charge is -2.24. The summed E-state index contributed by atoms with van der Waals surface area (Å²) in [5.74, 6) is -0.124. The van der Waals surface area contributed by atoms with Gasteiger partial charge in [-0.2, -0.15) is 4.31 Å². The van der Waals surface area contributed by atoms with Crippen LogP contribution in [0.2, 0.25) is 0 Å². The first kappa shape index (κ1) is 22.8. The molecule has 0 unspecified atom stereocenters. The number of sulfonamides is 1. The lowest BCUT2D eigenvalue weighted by molar-refractivity contribution is -0.117. The lowest BCUT2D eigenvalue weighted by Crippen LogP contribution is -2.30. The van der Waals surface area contributed by atoms with Gasteiger partial charge in [0, 0.05) is 44.1 Å². The van der Waals surface area contributed by atoms with Crippen LogP contribution in [0.3, 0.4) is 0 Å². The Balaban J connectivity index is 1.33. The number of para-hydroxylation sites is 1. The second-order valence-electron chi connectivity index (χ2n) is 8.68. The SMILES string of the molecule is CN(CC(=O)Nc1ccc(S(=O)(=O)N2CCCC2)cc1)Cc1ccccc1N1CCCC1. The Morgan fingerprint density at radius 1 is 0.938 bits per heavy atom. The Bertz CT molecular complexity index is 1030. The Labute approximate surface area is 191 Å². The van der Waals surface area contributed by atoms with E-state index < -0.39 is 10.0 Å². The van der Waals surface area contributed by atoms with E-state index in [1.54, 1.807) is 24.3 Å². The zero-order valence-corrected chi connectivity index (χ0v) is 19.5. The predicted molar refractivity (Wildman–Crippen MR) is 127 cm³/mol. The van der Waals surface area contributed by atoms with Crippen LogP contribution < -0.4 is 10.2 Å². The van der Waals surface area contributed by atoms with Crippen LogP contribution in [0.1, 0.15) is 31.2 Å². The standard InChI is InChI=1S/C24H32N4O3S/c1-26(18-20-8-2-3-9-23(20)27-14-4-5-15-27)19-24(29)25-21-10-12-22(13-11-21)32(30,31)28-16-6-7-17-28/h2-3,8-13H,4-7,14-19H2,1H3,(H,25,29). The fourth-order valence-electron chi connectivity index (χ4n) is 4.49. The molecule has 0 spiro atoms. The molecule has 1 N–H and O–H groups in total. The van der Waals surface area contributed by atoms with E-state index in [-0.39, 0.29) is 17.3 Å². The van der Waals surface area contributed by atoms with Crippen LogP contribution in [0.15, 0.2) is 53.4 Å². The van der Waals surface area contributed by atoms with Crippen molar-refractivity contribution in [2.24, 2.45) is 0 Å². The summed E-state index contributed by atoms with van der Waals surface area (Å²) in [6.07, 6.45) is 4.27. The molecule has 0 aliphatic carbocycles. The van der Waals surface area contributed by atoms with Crippen molar-refractivity contribution >= 4 is 27.3 Å². The quantitative estimate of drug-likeness (QED) is 0.661. The minimum atomic E-state index is -3.44. The van der Waals surface area contributed by atoms with E-state index in [2.05, 4.69) is 28.4 Å². The number of hydrogen-bond acceptors (Lipinski definition) is 5. The van der Waals surface area contributed by atoms with Gasteiger partial charge in [0.25, 0.3) is 0 Å². The van der Waals surface area contributed by atoms with E-state index in [1.165, 1.54) is 28.4 Å². The van der Waals surface area contributed by atoms with Gasteiger partial charge in [0.1, 0.15) is 0 Å². The van der Waals surface area contributed by atoms with E-state index in [1.807, 2.05) is 18.0 Å². The fraction of sp³-hybridized carbons (Fsp3) is 0.458. The van der Waals surface area contributed by atoms with Gasteiger partial charge in [0.15, 0.2) is 0 Å². The van der Waals surface area contributed by atoms with E-state index in [4.69, 9.17) is 0 Å². The van der Waals surface area contributed by atoms with Crippen molar-refractivity contribution in [1.29, 1.82) is 0 Å². The molecule has 2 aliphatic rings. The predicted octanol–water partition coefficient (Wildman–Crippen LogP) is 3.14. The number of carbonyl (C=O) groups excluding carboxylic acids is 1. The fourth-order valence-corrected chi connectivity index (χ4v) is 6.01. The van der Waals surface area contributed by atoms with Crippen molar-refractivity contribution in [3.8, 4) is 0 Å². The van der Waals surface area contributed by atoms with Gasteiger partial charge in [0.2, 0.25) is 15.9 Å². The Morgan fingerprint density at radius 3 is 2.25 bits per heavy atom. The molecule has 4 rings (SSSR count). The molecule has 0 radical (unpaired) electrons. The highest BCUT2D eigenvalue weighted by Gasteiger charge is 2.27. The number of amides is 1. The molecule has 0 bridgehead atoms. The van der Waals surface area contributed by atoms with Gasteiger partial charge < -0.3 is 10.2 Å². The topological polar surface area (TPSA) is 73.0 Å². The maximum atomic E-state index is 12.6. The average Bonchev–Trinajstić information content (AvgIpc) is 3.49. The summed E-state index contributed by atoms with van der Waals surface area (Å²) >= 11 is 0.